The standard InChI is InChI=1S/C16H15F2NO2/c1-10(16(20)21)12-4-2-11(3-5-12)9-19-15-8-13(17)6-7-14(15)18/h2-8,10,19H,9H2,1H3,(H,20,21). The number of nitrogens with one attached hydrogen (secondary N) is 1. The van der Waals surface area contributed by atoms with E-state index in [1.54, 1.807) is 31.2 Å². The maximum absolute atomic E-state index is 13.4. The van der Waals surface area contributed by atoms with Crippen molar-refractivity contribution in [2.45, 2.75) is 19.4 Å². The molecule has 0 heterocycles. The number of benzene rings is 2. The third kappa shape index (κ3) is 3.78. The number of hydrogen-bond donors (Lipinski definition) is 2. The van der Waals surface area contributed by atoms with Crippen LogP contribution in [0.25, 0.3) is 0 Å². The summed E-state index contributed by atoms with van der Waals surface area (Å²) in [6, 6.07) is 10.2. The van der Waals surface area contributed by atoms with E-state index < -0.39 is 23.5 Å². The molecule has 0 aliphatic heterocycles. The van der Waals surface area contributed by atoms with Crippen molar-refractivity contribution in [3.8, 4) is 0 Å². The molecule has 3 nitrogen and oxygen atoms in total. The fourth-order valence-electron chi connectivity index (χ4n) is 1.90. The van der Waals surface area contributed by atoms with Gasteiger partial charge in [-0.1, -0.05) is 24.3 Å². The van der Waals surface area contributed by atoms with E-state index in [1.807, 2.05) is 0 Å². The number of carbonyl (C=O) groups is 1. The van der Waals surface area contributed by atoms with Crippen LogP contribution in [0.1, 0.15) is 24.0 Å². The maximum Gasteiger partial charge on any atom is 0.310 e. The Morgan fingerprint density at radius 3 is 2.48 bits per heavy atom. The third-order valence-corrected chi connectivity index (χ3v) is 3.26. The minimum Gasteiger partial charge on any atom is -0.481 e. The molecular weight excluding hydrogens is 276 g/mol. The first-order valence-corrected chi connectivity index (χ1v) is 6.48. The number of carboxylic acids is 1. The molecule has 2 aromatic carbocycles. The van der Waals surface area contributed by atoms with Gasteiger partial charge in [-0.3, -0.25) is 4.79 Å². The Balaban J connectivity index is 2.04. The molecule has 2 rings (SSSR count). The second-order valence-electron chi connectivity index (χ2n) is 4.78. The van der Waals surface area contributed by atoms with Crippen molar-refractivity contribution >= 4 is 11.7 Å². The molecule has 0 saturated heterocycles. The van der Waals surface area contributed by atoms with E-state index in [4.69, 9.17) is 5.11 Å². The van der Waals surface area contributed by atoms with Crippen molar-refractivity contribution in [1.29, 1.82) is 0 Å². The molecule has 0 aliphatic carbocycles. The molecule has 110 valence electrons. The van der Waals surface area contributed by atoms with E-state index in [0.717, 1.165) is 23.8 Å². The molecule has 0 bridgehead atoms. The number of rotatable bonds is 5. The summed E-state index contributed by atoms with van der Waals surface area (Å²) in [6.07, 6.45) is 0. The molecule has 2 N–H and O–H groups in total. The predicted octanol–water partition coefficient (Wildman–Crippen LogP) is 3.77. The minimum absolute atomic E-state index is 0.0954. The molecule has 0 saturated carbocycles. The number of hydrogen-bond acceptors (Lipinski definition) is 2. The number of anilines is 1. The largest absolute Gasteiger partial charge is 0.481 e. The SMILES string of the molecule is CC(C(=O)O)c1ccc(CNc2cc(F)ccc2F)cc1. The van der Waals surface area contributed by atoms with Crippen LogP contribution in [-0.2, 0) is 11.3 Å². The van der Waals surface area contributed by atoms with Gasteiger partial charge in [0.05, 0.1) is 11.6 Å². The van der Waals surface area contributed by atoms with Gasteiger partial charge in [-0.25, -0.2) is 8.78 Å². The lowest BCUT2D eigenvalue weighted by atomic mass is 10.00. The van der Waals surface area contributed by atoms with Gasteiger partial charge in [0.15, 0.2) is 0 Å². The zero-order chi connectivity index (χ0) is 15.4. The van der Waals surface area contributed by atoms with Crippen LogP contribution >= 0.6 is 0 Å². The average molecular weight is 291 g/mol. The highest BCUT2D eigenvalue weighted by atomic mass is 19.1. The van der Waals surface area contributed by atoms with Gasteiger partial charge in [0.2, 0.25) is 0 Å². The highest BCUT2D eigenvalue weighted by Crippen LogP contribution is 2.18. The fraction of sp³-hybridized carbons (Fsp3) is 0.188. The maximum atomic E-state index is 13.4. The van der Waals surface area contributed by atoms with Gasteiger partial charge in [-0.2, -0.15) is 0 Å². The molecule has 0 aromatic heterocycles. The molecule has 0 radical (unpaired) electrons. The Hall–Kier alpha value is -2.43. The van der Waals surface area contributed by atoms with Gasteiger partial charge in [0.25, 0.3) is 0 Å². The van der Waals surface area contributed by atoms with E-state index in [1.165, 1.54) is 0 Å². The first kappa shape index (κ1) is 15.0. The van der Waals surface area contributed by atoms with E-state index in [9.17, 15) is 13.6 Å². The first-order valence-electron chi connectivity index (χ1n) is 6.48. The Morgan fingerprint density at radius 2 is 1.86 bits per heavy atom. The zero-order valence-corrected chi connectivity index (χ0v) is 11.4. The lowest BCUT2D eigenvalue weighted by molar-refractivity contribution is -0.138. The van der Waals surface area contributed by atoms with Gasteiger partial charge in [0, 0.05) is 6.54 Å². The summed E-state index contributed by atoms with van der Waals surface area (Å²) in [6.45, 7) is 1.93. The molecule has 5 heteroatoms. The van der Waals surface area contributed by atoms with Crippen LogP contribution in [0.3, 0.4) is 0 Å². The number of carboxylic acid groups (broad SMARTS) is 1. The van der Waals surface area contributed by atoms with Gasteiger partial charge >= 0.3 is 5.97 Å². The van der Waals surface area contributed by atoms with Gasteiger partial charge < -0.3 is 10.4 Å². The summed E-state index contributed by atoms with van der Waals surface area (Å²) in [7, 11) is 0. The Kier molecular flexibility index (Phi) is 4.52. The summed E-state index contributed by atoms with van der Waals surface area (Å²) in [5, 5.41) is 11.7. The highest BCUT2D eigenvalue weighted by molar-refractivity contribution is 5.75. The predicted molar refractivity (Wildman–Crippen MR) is 76.2 cm³/mol. The Labute approximate surface area is 121 Å². The van der Waals surface area contributed by atoms with Gasteiger partial charge in [0.1, 0.15) is 11.6 Å². The van der Waals surface area contributed by atoms with Crippen LogP contribution < -0.4 is 5.32 Å². The summed E-state index contributed by atoms with van der Waals surface area (Å²) in [5.74, 6) is -2.49. The lowest BCUT2D eigenvalue weighted by Gasteiger charge is -2.10. The first-order chi connectivity index (χ1) is 9.97. The smallest absolute Gasteiger partial charge is 0.310 e. The van der Waals surface area contributed by atoms with E-state index in [-0.39, 0.29) is 5.69 Å². The van der Waals surface area contributed by atoms with E-state index in [2.05, 4.69) is 5.32 Å². The Morgan fingerprint density at radius 1 is 1.19 bits per heavy atom. The van der Waals surface area contributed by atoms with Crippen LogP contribution in [0.4, 0.5) is 14.5 Å². The van der Waals surface area contributed by atoms with Crippen LogP contribution in [0.2, 0.25) is 0 Å². The fourth-order valence-corrected chi connectivity index (χ4v) is 1.90. The van der Waals surface area contributed by atoms with Crippen molar-refractivity contribution in [3.05, 3.63) is 65.2 Å². The number of halogens is 2. The van der Waals surface area contributed by atoms with E-state index in [0.29, 0.717) is 12.1 Å². The lowest BCUT2D eigenvalue weighted by Crippen LogP contribution is -2.07. The normalized spacial score (nSPS) is 12.0. The van der Waals surface area contributed by atoms with Crippen molar-refractivity contribution in [1.82, 2.24) is 0 Å². The van der Waals surface area contributed by atoms with Crippen LogP contribution in [0.5, 0.6) is 0 Å². The summed E-state index contributed by atoms with van der Waals surface area (Å²) in [4.78, 5) is 10.9. The van der Waals surface area contributed by atoms with E-state index >= 15 is 0 Å². The van der Waals surface area contributed by atoms with Crippen LogP contribution in [0, 0.1) is 11.6 Å². The second kappa shape index (κ2) is 6.35. The quantitative estimate of drug-likeness (QED) is 0.881. The van der Waals surface area contributed by atoms with Crippen molar-refractivity contribution in [2.75, 3.05) is 5.32 Å². The van der Waals surface area contributed by atoms with Crippen LogP contribution in [0.15, 0.2) is 42.5 Å². The molecule has 1 unspecified atom stereocenters. The highest BCUT2D eigenvalue weighted by Gasteiger charge is 2.13. The Bertz CT molecular complexity index is 641. The van der Waals surface area contributed by atoms with Crippen molar-refractivity contribution < 1.29 is 18.7 Å². The molecule has 0 aliphatic rings. The topological polar surface area (TPSA) is 49.3 Å². The molecule has 0 spiro atoms. The second-order valence-corrected chi connectivity index (χ2v) is 4.78. The van der Waals surface area contributed by atoms with Gasteiger partial charge in [-0.15, -0.1) is 0 Å². The molecule has 0 fully saturated rings. The summed E-state index contributed by atoms with van der Waals surface area (Å²) >= 11 is 0. The average Bonchev–Trinajstić information content (AvgIpc) is 2.48. The molecule has 21 heavy (non-hydrogen) atoms. The number of aliphatic carboxylic acids is 1. The summed E-state index contributed by atoms with van der Waals surface area (Å²) < 4.78 is 26.5. The molecule has 1 atom stereocenters. The molecular formula is C16H15F2NO2. The monoisotopic (exact) mass is 291 g/mol. The molecule has 2 aromatic rings. The third-order valence-electron chi connectivity index (χ3n) is 3.26. The summed E-state index contributed by atoms with van der Waals surface area (Å²) in [5.41, 5.74) is 1.64. The zero-order valence-electron chi connectivity index (χ0n) is 11.4. The molecule has 0 amide bonds. The van der Waals surface area contributed by atoms with Crippen molar-refractivity contribution in [3.63, 3.8) is 0 Å². The minimum atomic E-state index is -0.886. The van der Waals surface area contributed by atoms with Gasteiger partial charge in [-0.05, 0) is 36.2 Å². The van der Waals surface area contributed by atoms with Crippen LogP contribution in [-0.4, -0.2) is 11.1 Å². The van der Waals surface area contributed by atoms with Crippen molar-refractivity contribution in [2.24, 2.45) is 0 Å².